The van der Waals surface area contributed by atoms with Crippen LogP contribution in [0.3, 0.4) is 0 Å². The van der Waals surface area contributed by atoms with Crippen LogP contribution in [0.25, 0.3) is 0 Å². The lowest BCUT2D eigenvalue weighted by Crippen LogP contribution is -2.30. The van der Waals surface area contributed by atoms with Crippen LogP contribution >= 0.6 is 0 Å². The third-order valence-electron chi connectivity index (χ3n) is 2.84. The lowest BCUT2D eigenvalue weighted by molar-refractivity contribution is -0.127. The number of likely N-dealkylation sites (tertiary alicyclic amines) is 1. The van der Waals surface area contributed by atoms with Gasteiger partial charge in [0.2, 0.25) is 5.91 Å². The largest absolute Gasteiger partial charge is 0.337 e. The molecule has 3 nitrogen and oxygen atoms in total. The van der Waals surface area contributed by atoms with Gasteiger partial charge in [-0.1, -0.05) is 12.1 Å². The van der Waals surface area contributed by atoms with Gasteiger partial charge in [0.05, 0.1) is 6.04 Å². The van der Waals surface area contributed by atoms with Crippen molar-refractivity contribution in [3.05, 3.63) is 35.6 Å². The van der Waals surface area contributed by atoms with Gasteiger partial charge in [-0.05, 0) is 17.7 Å². The number of halogens is 1. The second kappa shape index (κ2) is 3.62. The van der Waals surface area contributed by atoms with E-state index < -0.39 is 0 Å². The summed E-state index contributed by atoms with van der Waals surface area (Å²) in [5.41, 5.74) is 6.76. The lowest BCUT2D eigenvalue weighted by Gasteiger charge is -2.23. The van der Waals surface area contributed by atoms with Crippen LogP contribution in [0.4, 0.5) is 4.39 Å². The smallest absolute Gasteiger partial charge is 0.224 e. The summed E-state index contributed by atoms with van der Waals surface area (Å²) in [5.74, 6) is -0.240. The molecule has 0 bridgehead atoms. The summed E-state index contributed by atoms with van der Waals surface area (Å²) in [6.45, 7) is 0. The molecule has 4 heteroatoms. The van der Waals surface area contributed by atoms with Crippen molar-refractivity contribution < 1.29 is 9.18 Å². The first-order chi connectivity index (χ1) is 7.09. The van der Waals surface area contributed by atoms with Gasteiger partial charge in [0.25, 0.3) is 0 Å². The lowest BCUT2D eigenvalue weighted by atomic mass is 10.0. The summed E-state index contributed by atoms with van der Waals surface area (Å²) in [7, 11) is 1.73. The highest BCUT2D eigenvalue weighted by Crippen LogP contribution is 2.30. The number of carbonyl (C=O) groups excluding carboxylic acids is 1. The number of likely N-dealkylation sites (N-methyl/N-ethyl adjacent to an activating group) is 1. The van der Waals surface area contributed by atoms with E-state index in [9.17, 15) is 9.18 Å². The van der Waals surface area contributed by atoms with Crippen LogP contribution in [-0.4, -0.2) is 23.9 Å². The van der Waals surface area contributed by atoms with Crippen LogP contribution in [-0.2, 0) is 4.79 Å². The molecule has 1 aromatic carbocycles. The highest BCUT2D eigenvalue weighted by Gasteiger charge is 2.35. The van der Waals surface area contributed by atoms with Crippen LogP contribution in [0.1, 0.15) is 18.0 Å². The van der Waals surface area contributed by atoms with E-state index in [2.05, 4.69) is 0 Å². The zero-order valence-electron chi connectivity index (χ0n) is 8.48. The van der Waals surface area contributed by atoms with Crippen molar-refractivity contribution >= 4 is 5.91 Å². The molecule has 0 aromatic heterocycles. The molecule has 80 valence electrons. The number of hydrogen-bond donors (Lipinski definition) is 1. The van der Waals surface area contributed by atoms with Gasteiger partial charge >= 0.3 is 0 Å². The molecule has 2 atom stereocenters. The topological polar surface area (TPSA) is 46.3 Å². The Balaban J connectivity index is 2.30. The second-order valence-corrected chi connectivity index (χ2v) is 3.87. The number of nitrogens with zero attached hydrogens (tertiary/aromatic N) is 1. The minimum absolute atomic E-state index is 0.0387. The normalized spacial score (nSPS) is 26.1. The van der Waals surface area contributed by atoms with Gasteiger partial charge in [0.15, 0.2) is 0 Å². The second-order valence-electron chi connectivity index (χ2n) is 3.87. The summed E-state index contributed by atoms with van der Waals surface area (Å²) >= 11 is 0. The SMILES string of the molecule is CN1C(=O)C[C@H](N)[C@H]1c1ccc(F)cc1. The average molecular weight is 208 g/mol. The van der Waals surface area contributed by atoms with Crippen molar-refractivity contribution in [1.29, 1.82) is 0 Å². The maximum absolute atomic E-state index is 12.7. The first-order valence-electron chi connectivity index (χ1n) is 4.86. The van der Waals surface area contributed by atoms with Crippen molar-refractivity contribution in [2.45, 2.75) is 18.5 Å². The molecule has 0 radical (unpaired) electrons. The Morgan fingerprint density at radius 3 is 2.47 bits per heavy atom. The monoisotopic (exact) mass is 208 g/mol. The molecule has 1 heterocycles. The van der Waals surface area contributed by atoms with Gasteiger partial charge in [-0.15, -0.1) is 0 Å². The molecule has 1 amide bonds. The summed E-state index contributed by atoms with van der Waals surface area (Å²) in [5, 5.41) is 0. The quantitative estimate of drug-likeness (QED) is 0.750. The van der Waals surface area contributed by atoms with Gasteiger partial charge in [0, 0.05) is 19.5 Å². The van der Waals surface area contributed by atoms with Crippen molar-refractivity contribution in [3.8, 4) is 0 Å². The van der Waals surface area contributed by atoms with Crippen LogP contribution < -0.4 is 5.73 Å². The Labute approximate surface area is 87.7 Å². The van der Waals surface area contributed by atoms with E-state index in [0.717, 1.165) is 5.56 Å². The van der Waals surface area contributed by atoms with Gasteiger partial charge in [-0.3, -0.25) is 4.79 Å². The highest BCUT2D eigenvalue weighted by atomic mass is 19.1. The van der Waals surface area contributed by atoms with Crippen LogP contribution in [0, 0.1) is 5.82 Å². The summed E-state index contributed by atoms with van der Waals surface area (Å²) in [6, 6.07) is 5.80. The highest BCUT2D eigenvalue weighted by molar-refractivity contribution is 5.80. The Bertz CT molecular complexity index is 377. The van der Waals surface area contributed by atoms with E-state index in [1.165, 1.54) is 12.1 Å². The Hall–Kier alpha value is -1.42. The van der Waals surface area contributed by atoms with Crippen LogP contribution in [0.2, 0.25) is 0 Å². The Morgan fingerprint density at radius 2 is 2.00 bits per heavy atom. The fraction of sp³-hybridized carbons (Fsp3) is 0.364. The number of rotatable bonds is 1. The van der Waals surface area contributed by atoms with E-state index in [1.54, 1.807) is 24.1 Å². The van der Waals surface area contributed by atoms with Crippen LogP contribution in [0.5, 0.6) is 0 Å². The molecular weight excluding hydrogens is 195 g/mol. The minimum atomic E-state index is -0.278. The molecule has 15 heavy (non-hydrogen) atoms. The van der Waals surface area contributed by atoms with Crippen molar-refractivity contribution in [2.75, 3.05) is 7.05 Å². The summed E-state index contributed by atoms with van der Waals surface area (Å²) < 4.78 is 12.7. The number of nitrogens with two attached hydrogens (primary N) is 1. The van der Waals surface area contributed by atoms with Crippen molar-refractivity contribution in [3.63, 3.8) is 0 Å². The fourth-order valence-corrected chi connectivity index (χ4v) is 2.03. The predicted octanol–water partition coefficient (Wildman–Crippen LogP) is 1.06. The third kappa shape index (κ3) is 1.72. The first-order valence-corrected chi connectivity index (χ1v) is 4.86. The molecule has 2 rings (SSSR count). The number of carbonyl (C=O) groups is 1. The maximum Gasteiger partial charge on any atom is 0.224 e. The van der Waals surface area contributed by atoms with E-state index >= 15 is 0 Å². The molecule has 1 aliphatic heterocycles. The molecule has 0 aliphatic carbocycles. The summed E-state index contributed by atoms with van der Waals surface area (Å²) in [4.78, 5) is 13.0. The van der Waals surface area contributed by atoms with Gasteiger partial charge in [-0.2, -0.15) is 0 Å². The van der Waals surface area contributed by atoms with Gasteiger partial charge < -0.3 is 10.6 Å². The summed E-state index contributed by atoms with van der Waals surface area (Å²) in [6.07, 6.45) is 0.360. The molecule has 1 aromatic rings. The zero-order valence-corrected chi connectivity index (χ0v) is 8.48. The molecule has 0 saturated carbocycles. The molecule has 0 unspecified atom stereocenters. The minimum Gasteiger partial charge on any atom is -0.337 e. The molecule has 2 N–H and O–H groups in total. The van der Waals surface area contributed by atoms with E-state index in [1.807, 2.05) is 0 Å². The molecular formula is C11H13FN2O. The first kappa shape index (κ1) is 10.1. The Morgan fingerprint density at radius 1 is 1.40 bits per heavy atom. The third-order valence-corrected chi connectivity index (χ3v) is 2.84. The Kier molecular flexibility index (Phi) is 2.44. The average Bonchev–Trinajstić information content (AvgIpc) is 2.44. The standard InChI is InChI=1S/C11H13FN2O/c1-14-10(15)6-9(13)11(14)7-2-4-8(12)5-3-7/h2-5,9,11H,6,13H2,1H3/t9-,11+/m0/s1. The molecule has 1 saturated heterocycles. The number of amides is 1. The number of benzene rings is 1. The molecule has 1 fully saturated rings. The van der Waals surface area contributed by atoms with Crippen molar-refractivity contribution in [1.82, 2.24) is 4.90 Å². The molecule has 1 aliphatic rings. The fourth-order valence-electron chi connectivity index (χ4n) is 2.03. The zero-order chi connectivity index (χ0) is 11.0. The van der Waals surface area contributed by atoms with Crippen molar-refractivity contribution in [2.24, 2.45) is 5.73 Å². The maximum atomic E-state index is 12.7. The predicted molar refractivity (Wildman–Crippen MR) is 54.5 cm³/mol. The van der Waals surface area contributed by atoms with E-state index in [-0.39, 0.29) is 23.8 Å². The molecule has 0 spiro atoms. The van der Waals surface area contributed by atoms with E-state index in [0.29, 0.717) is 6.42 Å². The van der Waals surface area contributed by atoms with Gasteiger partial charge in [-0.25, -0.2) is 4.39 Å². The van der Waals surface area contributed by atoms with Crippen LogP contribution in [0.15, 0.2) is 24.3 Å². The number of hydrogen-bond acceptors (Lipinski definition) is 2. The van der Waals surface area contributed by atoms with E-state index in [4.69, 9.17) is 5.73 Å². The van der Waals surface area contributed by atoms with Gasteiger partial charge in [0.1, 0.15) is 5.82 Å².